The number of carbonyl (C=O) groups is 1. The van der Waals surface area contributed by atoms with Crippen LogP contribution in [-0.2, 0) is 0 Å². The van der Waals surface area contributed by atoms with Crippen molar-refractivity contribution in [2.45, 2.75) is 46.5 Å². The van der Waals surface area contributed by atoms with Crippen LogP contribution in [0.3, 0.4) is 0 Å². The highest BCUT2D eigenvalue weighted by atomic mass is 32.1. The molecule has 0 radical (unpaired) electrons. The second-order valence-corrected chi connectivity index (χ2v) is 6.83. The number of hydrogen-bond acceptors (Lipinski definition) is 4. The van der Waals surface area contributed by atoms with Crippen molar-refractivity contribution in [1.82, 2.24) is 0 Å². The van der Waals surface area contributed by atoms with Crippen LogP contribution in [0.15, 0.2) is 6.07 Å². The average Bonchev–Trinajstić information content (AvgIpc) is 2.79. The first-order valence-electron chi connectivity index (χ1n) is 6.68. The largest absolute Gasteiger partial charge is 0.492 e. The molecule has 0 aliphatic carbocycles. The van der Waals surface area contributed by atoms with Crippen LogP contribution in [0.1, 0.15) is 61.0 Å². The van der Waals surface area contributed by atoms with Crippen LogP contribution in [0.2, 0.25) is 0 Å². The van der Waals surface area contributed by atoms with Gasteiger partial charge in [-0.1, -0.05) is 13.8 Å². The van der Waals surface area contributed by atoms with Gasteiger partial charge in [0, 0.05) is 4.88 Å². The molecule has 1 heterocycles. The fourth-order valence-electron chi connectivity index (χ4n) is 1.69. The summed E-state index contributed by atoms with van der Waals surface area (Å²) >= 11 is 1.27. The Bertz CT molecular complexity index is 512. The van der Waals surface area contributed by atoms with Gasteiger partial charge in [0.05, 0.1) is 18.1 Å². The Morgan fingerprint density at radius 2 is 2.20 bits per heavy atom. The molecule has 0 aliphatic heterocycles. The van der Waals surface area contributed by atoms with Crippen LogP contribution in [0.4, 0.5) is 0 Å². The number of nitriles is 1. The summed E-state index contributed by atoms with van der Waals surface area (Å²) in [6, 6.07) is 4.05. The van der Waals surface area contributed by atoms with E-state index in [0.717, 1.165) is 17.7 Å². The third-order valence-corrected chi connectivity index (χ3v) is 4.39. The summed E-state index contributed by atoms with van der Waals surface area (Å²) in [7, 11) is 0. The fourth-order valence-corrected chi connectivity index (χ4v) is 2.63. The highest BCUT2D eigenvalue weighted by Gasteiger charge is 2.19. The van der Waals surface area contributed by atoms with E-state index in [1.165, 1.54) is 11.3 Å². The molecule has 20 heavy (non-hydrogen) atoms. The van der Waals surface area contributed by atoms with Gasteiger partial charge < -0.3 is 9.84 Å². The van der Waals surface area contributed by atoms with Crippen LogP contribution >= 0.6 is 11.3 Å². The van der Waals surface area contributed by atoms with Gasteiger partial charge in [0.1, 0.15) is 5.75 Å². The van der Waals surface area contributed by atoms with E-state index < -0.39 is 5.97 Å². The molecule has 0 aliphatic rings. The number of hydrogen-bond donors (Lipinski definition) is 1. The van der Waals surface area contributed by atoms with Crippen molar-refractivity contribution < 1.29 is 14.6 Å². The predicted molar refractivity (Wildman–Crippen MR) is 79.5 cm³/mol. The lowest BCUT2D eigenvalue weighted by Crippen LogP contribution is -2.10. The summed E-state index contributed by atoms with van der Waals surface area (Å²) in [6.07, 6.45) is 1.46. The molecule has 0 spiro atoms. The van der Waals surface area contributed by atoms with Gasteiger partial charge in [-0.05, 0) is 38.7 Å². The molecule has 110 valence electrons. The van der Waals surface area contributed by atoms with Gasteiger partial charge in [-0.3, -0.25) is 0 Å². The van der Waals surface area contributed by atoms with Crippen LogP contribution < -0.4 is 4.74 Å². The molecule has 1 aromatic heterocycles. The first kappa shape index (κ1) is 16.5. The van der Waals surface area contributed by atoms with Gasteiger partial charge in [0.2, 0.25) is 0 Å². The lowest BCUT2D eigenvalue weighted by atomic mass is 9.90. The number of aromatic carboxylic acids is 1. The van der Waals surface area contributed by atoms with E-state index in [1.54, 1.807) is 0 Å². The van der Waals surface area contributed by atoms with Gasteiger partial charge in [0.15, 0.2) is 4.88 Å². The topological polar surface area (TPSA) is 70.3 Å². The zero-order chi connectivity index (χ0) is 15.3. The third-order valence-electron chi connectivity index (χ3n) is 2.99. The number of carboxylic acids is 1. The van der Waals surface area contributed by atoms with Gasteiger partial charge in [0.25, 0.3) is 0 Å². The molecule has 0 fully saturated rings. The van der Waals surface area contributed by atoms with Crippen molar-refractivity contribution in [2.75, 3.05) is 6.61 Å². The Hall–Kier alpha value is -1.54. The number of thiophene rings is 1. The number of nitrogens with zero attached hydrogens (tertiary/aromatic N) is 1. The zero-order valence-electron chi connectivity index (χ0n) is 12.4. The molecule has 0 saturated heterocycles. The summed E-state index contributed by atoms with van der Waals surface area (Å²) in [5.41, 5.74) is -0.364. The van der Waals surface area contributed by atoms with E-state index >= 15 is 0 Å². The minimum absolute atomic E-state index is 0.258. The van der Waals surface area contributed by atoms with Crippen LogP contribution in [0, 0.1) is 16.7 Å². The van der Waals surface area contributed by atoms with E-state index in [-0.39, 0.29) is 16.2 Å². The number of rotatable bonds is 7. The lowest BCUT2D eigenvalue weighted by Gasteiger charge is -2.14. The zero-order valence-corrected chi connectivity index (χ0v) is 13.2. The molecule has 5 heteroatoms. The molecular formula is C15H21NO3S. The summed E-state index contributed by atoms with van der Waals surface area (Å²) < 4.78 is 5.59. The maximum atomic E-state index is 11.2. The first-order valence-corrected chi connectivity index (χ1v) is 7.49. The number of carboxylic acid groups (broad SMARTS) is 1. The Morgan fingerprint density at radius 3 is 2.70 bits per heavy atom. The van der Waals surface area contributed by atoms with Crippen LogP contribution in [-0.4, -0.2) is 17.7 Å². The van der Waals surface area contributed by atoms with E-state index in [4.69, 9.17) is 10.00 Å². The molecule has 1 aromatic rings. The van der Waals surface area contributed by atoms with Crippen LogP contribution in [0.5, 0.6) is 5.75 Å². The van der Waals surface area contributed by atoms with Gasteiger partial charge >= 0.3 is 5.97 Å². The van der Waals surface area contributed by atoms with Crippen molar-refractivity contribution in [3.8, 4) is 11.8 Å². The van der Waals surface area contributed by atoms with Gasteiger partial charge in [-0.2, -0.15) is 5.26 Å². The second-order valence-electron chi connectivity index (χ2n) is 5.75. The standard InChI is InChI=1S/C15H21NO3S/c1-10(2)12-8-11(13(20-12)14(17)18)19-7-5-6-15(3,4)9-16/h8,10H,5-7H2,1-4H3,(H,17,18). The minimum Gasteiger partial charge on any atom is -0.492 e. The Kier molecular flexibility index (Phi) is 5.58. The summed E-state index contributed by atoms with van der Waals surface area (Å²) in [5.74, 6) is -0.219. The van der Waals surface area contributed by atoms with Gasteiger partial charge in [-0.15, -0.1) is 11.3 Å². The minimum atomic E-state index is -0.950. The molecule has 1 rings (SSSR count). The monoisotopic (exact) mass is 295 g/mol. The smallest absolute Gasteiger partial charge is 0.349 e. The molecule has 0 bridgehead atoms. The van der Waals surface area contributed by atoms with Crippen LogP contribution in [0.25, 0.3) is 0 Å². The molecule has 0 saturated carbocycles. The highest BCUT2D eigenvalue weighted by Crippen LogP contribution is 2.34. The highest BCUT2D eigenvalue weighted by molar-refractivity contribution is 7.14. The molecule has 0 atom stereocenters. The van der Waals surface area contributed by atoms with Gasteiger partial charge in [-0.25, -0.2) is 4.79 Å². The number of ether oxygens (including phenoxy) is 1. The van der Waals surface area contributed by atoms with E-state index in [0.29, 0.717) is 12.4 Å². The quantitative estimate of drug-likeness (QED) is 0.762. The molecule has 0 aromatic carbocycles. The van der Waals surface area contributed by atoms with Crippen molar-refractivity contribution in [3.63, 3.8) is 0 Å². The summed E-state index contributed by atoms with van der Waals surface area (Å²) in [4.78, 5) is 12.4. The Labute approximate surface area is 124 Å². The van der Waals surface area contributed by atoms with E-state index in [2.05, 4.69) is 6.07 Å². The lowest BCUT2D eigenvalue weighted by molar-refractivity contribution is 0.0698. The fraction of sp³-hybridized carbons (Fsp3) is 0.600. The molecular weight excluding hydrogens is 274 g/mol. The summed E-state index contributed by atoms with van der Waals surface area (Å²) in [5, 5.41) is 18.1. The molecule has 1 N–H and O–H groups in total. The predicted octanol–water partition coefficient (Wildman–Crippen LogP) is 4.28. The Balaban J connectivity index is 2.64. The van der Waals surface area contributed by atoms with E-state index in [1.807, 2.05) is 33.8 Å². The third kappa shape index (κ3) is 4.53. The maximum Gasteiger partial charge on any atom is 0.349 e. The first-order chi connectivity index (χ1) is 9.26. The maximum absolute atomic E-state index is 11.2. The van der Waals surface area contributed by atoms with Crippen molar-refractivity contribution in [1.29, 1.82) is 5.26 Å². The van der Waals surface area contributed by atoms with Crippen molar-refractivity contribution in [2.24, 2.45) is 5.41 Å². The second kappa shape index (κ2) is 6.76. The Morgan fingerprint density at radius 1 is 1.55 bits per heavy atom. The molecule has 4 nitrogen and oxygen atoms in total. The van der Waals surface area contributed by atoms with Crippen molar-refractivity contribution >= 4 is 17.3 Å². The van der Waals surface area contributed by atoms with Crippen molar-refractivity contribution in [3.05, 3.63) is 15.8 Å². The summed E-state index contributed by atoms with van der Waals surface area (Å²) in [6.45, 7) is 8.25. The van der Waals surface area contributed by atoms with E-state index in [9.17, 15) is 9.90 Å². The SMILES string of the molecule is CC(C)c1cc(OCCCC(C)(C)C#N)c(C(=O)O)s1. The normalized spacial score (nSPS) is 11.4. The molecule has 0 amide bonds. The average molecular weight is 295 g/mol. The molecule has 0 unspecified atom stereocenters.